The third-order valence-corrected chi connectivity index (χ3v) is 2.92. The molecule has 18 heavy (non-hydrogen) atoms. The highest BCUT2D eigenvalue weighted by Crippen LogP contribution is 2.29. The lowest BCUT2D eigenvalue weighted by Crippen LogP contribution is -2.13. The van der Waals surface area contributed by atoms with E-state index >= 15 is 0 Å². The fourth-order valence-electron chi connectivity index (χ4n) is 1.28. The summed E-state index contributed by atoms with van der Waals surface area (Å²) in [5.74, 6) is -0.400. The number of nitro groups is 1. The highest BCUT2D eigenvalue weighted by Gasteiger charge is 2.20. The molecule has 0 aliphatic rings. The zero-order chi connectivity index (χ0) is 13.7. The van der Waals surface area contributed by atoms with Crippen LogP contribution in [0.4, 0.5) is 5.69 Å². The first kappa shape index (κ1) is 14.4. The fraction of sp³-hybridized carbons (Fsp3) is 0.455. The minimum atomic E-state index is -0.488. The number of esters is 1. The van der Waals surface area contributed by atoms with Gasteiger partial charge >= 0.3 is 11.7 Å². The molecule has 0 radical (unpaired) electrons. The lowest BCUT2D eigenvalue weighted by atomic mass is 10.3. The predicted molar refractivity (Wildman–Crippen MR) is 67.6 cm³/mol. The smallest absolute Gasteiger partial charge is 0.316 e. The fourth-order valence-corrected chi connectivity index (χ4v) is 2.11. The molecular weight excluding hydrogens is 256 g/mol. The summed E-state index contributed by atoms with van der Waals surface area (Å²) in [6.45, 7) is 5.13. The summed E-state index contributed by atoms with van der Waals surface area (Å²) in [7, 11) is 0. The average molecular weight is 270 g/mol. The molecule has 0 saturated carbocycles. The first-order valence-corrected chi connectivity index (χ1v) is 6.32. The van der Waals surface area contributed by atoms with Gasteiger partial charge in [-0.15, -0.1) is 0 Å². The van der Waals surface area contributed by atoms with Gasteiger partial charge in [-0.05, 0) is 26.8 Å². The van der Waals surface area contributed by atoms with Gasteiger partial charge in [0, 0.05) is 11.8 Å². The van der Waals surface area contributed by atoms with E-state index in [1.807, 2.05) is 0 Å². The summed E-state index contributed by atoms with van der Waals surface area (Å²) in [5, 5.41) is 11.1. The minimum absolute atomic E-state index is 0.00940. The Balaban J connectivity index is 2.76. The predicted octanol–water partition coefficient (Wildman–Crippen LogP) is 2.34. The van der Waals surface area contributed by atoms with Gasteiger partial charge < -0.3 is 4.74 Å². The Labute approximate surface area is 109 Å². The quantitative estimate of drug-likeness (QED) is 0.353. The maximum Gasteiger partial charge on any atom is 0.316 e. The second-order valence-corrected chi connectivity index (χ2v) is 4.83. The SMILES string of the molecule is Cc1ccnc(SCC(=O)OC(C)C)c1[N+](=O)[O-]. The van der Waals surface area contributed by atoms with Crippen molar-refractivity contribution in [3.8, 4) is 0 Å². The highest BCUT2D eigenvalue weighted by molar-refractivity contribution is 8.00. The molecule has 0 saturated heterocycles. The van der Waals surface area contributed by atoms with E-state index in [4.69, 9.17) is 4.74 Å². The Hall–Kier alpha value is -1.63. The number of carbonyl (C=O) groups excluding carboxylic acids is 1. The number of rotatable bonds is 5. The number of hydrogen-bond acceptors (Lipinski definition) is 6. The molecular formula is C11H14N2O4S. The standard InChI is InChI=1S/C11H14N2O4S/c1-7(2)17-9(14)6-18-11-10(13(15)16)8(3)4-5-12-11/h4-5,7H,6H2,1-3H3. The molecule has 0 aromatic carbocycles. The van der Waals surface area contributed by atoms with Crippen LogP contribution >= 0.6 is 11.8 Å². The van der Waals surface area contributed by atoms with Gasteiger partial charge in [0.25, 0.3) is 0 Å². The molecule has 0 amide bonds. The van der Waals surface area contributed by atoms with E-state index in [0.717, 1.165) is 11.8 Å². The first-order valence-electron chi connectivity index (χ1n) is 5.34. The summed E-state index contributed by atoms with van der Waals surface area (Å²) < 4.78 is 4.95. The monoisotopic (exact) mass is 270 g/mol. The molecule has 0 bridgehead atoms. The molecule has 0 fully saturated rings. The third-order valence-electron chi connectivity index (χ3n) is 1.97. The van der Waals surface area contributed by atoms with Crippen LogP contribution in [0.15, 0.2) is 17.3 Å². The van der Waals surface area contributed by atoms with Crippen LogP contribution in [0.3, 0.4) is 0 Å². The lowest BCUT2D eigenvalue weighted by Gasteiger charge is -2.07. The zero-order valence-corrected chi connectivity index (χ0v) is 11.2. The molecule has 0 N–H and O–H groups in total. The number of hydrogen-bond donors (Lipinski definition) is 0. The van der Waals surface area contributed by atoms with Crippen molar-refractivity contribution >= 4 is 23.4 Å². The highest BCUT2D eigenvalue weighted by atomic mass is 32.2. The van der Waals surface area contributed by atoms with Crippen LogP contribution in [-0.2, 0) is 9.53 Å². The van der Waals surface area contributed by atoms with Crippen molar-refractivity contribution in [3.05, 3.63) is 27.9 Å². The van der Waals surface area contributed by atoms with Crippen molar-refractivity contribution in [1.29, 1.82) is 0 Å². The van der Waals surface area contributed by atoms with Crippen molar-refractivity contribution in [1.82, 2.24) is 4.98 Å². The number of aryl methyl sites for hydroxylation is 1. The van der Waals surface area contributed by atoms with Gasteiger partial charge in [0.15, 0.2) is 5.03 Å². The summed E-state index contributed by atoms with van der Waals surface area (Å²) in [4.78, 5) is 25.7. The largest absolute Gasteiger partial charge is 0.462 e. The Morgan fingerprint density at radius 1 is 1.61 bits per heavy atom. The van der Waals surface area contributed by atoms with E-state index in [0.29, 0.717) is 5.56 Å². The van der Waals surface area contributed by atoms with Crippen LogP contribution in [-0.4, -0.2) is 27.7 Å². The normalized spacial score (nSPS) is 10.4. The molecule has 0 aliphatic carbocycles. The maximum absolute atomic E-state index is 11.4. The molecule has 1 aromatic heterocycles. The van der Waals surface area contributed by atoms with Crippen LogP contribution in [0.5, 0.6) is 0 Å². The number of pyridine rings is 1. The summed E-state index contributed by atoms with van der Waals surface area (Å²) >= 11 is 1.01. The molecule has 6 nitrogen and oxygen atoms in total. The van der Waals surface area contributed by atoms with Gasteiger partial charge in [-0.25, -0.2) is 4.98 Å². The third kappa shape index (κ3) is 3.99. The van der Waals surface area contributed by atoms with Crippen LogP contribution < -0.4 is 0 Å². The van der Waals surface area contributed by atoms with Crippen LogP contribution in [0.2, 0.25) is 0 Å². The Morgan fingerprint density at radius 2 is 2.28 bits per heavy atom. The van der Waals surface area contributed by atoms with Gasteiger partial charge in [0.05, 0.1) is 16.8 Å². The zero-order valence-electron chi connectivity index (χ0n) is 10.4. The van der Waals surface area contributed by atoms with Crippen molar-refractivity contribution in [3.63, 3.8) is 0 Å². The number of ether oxygens (including phenoxy) is 1. The van der Waals surface area contributed by atoms with Gasteiger partial charge in [0.1, 0.15) is 0 Å². The second-order valence-electron chi connectivity index (χ2n) is 3.87. The first-order chi connectivity index (χ1) is 8.41. The lowest BCUT2D eigenvalue weighted by molar-refractivity contribution is -0.388. The molecule has 0 unspecified atom stereocenters. The van der Waals surface area contributed by atoms with Gasteiger partial charge in [0.2, 0.25) is 0 Å². The van der Waals surface area contributed by atoms with Gasteiger partial charge in [-0.1, -0.05) is 11.8 Å². The summed E-state index contributed by atoms with van der Waals surface area (Å²) in [6, 6.07) is 1.56. The number of aromatic nitrogens is 1. The molecule has 0 atom stereocenters. The summed E-state index contributed by atoms with van der Waals surface area (Å²) in [5.41, 5.74) is 0.467. The Morgan fingerprint density at radius 3 is 2.83 bits per heavy atom. The van der Waals surface area contributed by atoms with Gasteiger partial charge in [-0.2, -0.15) is 0 Å². The molecule has 0 aliphatic heterocycles. The molecule has 1 aromatic rings. The molecule has 1 rings (SSSR count). The Kier molecular flexibility index (Phi) is 5.08. The summed E-state index contributed by atoms with van der Waals surface area (Å²) in [6.07, 6.45) is 1.29. The topological polar surface area (TPSA) is 82.3 Å². The van der Waals surface area contributed by atoms with E-state index in [1.165, 1.54) is 6.20 Å². The molecule has 7 heteroatoms. The maximum atomic E-state index is 11.4. The van der Waals surface area contributed by atoms with Crippen molar-refractivity contribution in [2.24, 2.45) is 0 Å². The molecule has 0 spiro atoms. The average Bonchev–Trinajstić information content (AvgIpc) is 2.24. The van der Waals surface area contributed by atoms with E-state index in [1.54, 1.807) is 26.8 Å². The van der Waals surface area contributed by atoms with Crippen molar-refractivity contribution < 1.29 is 14.5 Å². The van der Waals surface area contributed by atoms with Crippen LogP contribution in [0, 0.1) is 17.0 Å². The molecule has 98 valence electrons. The van der Waals surface area contributed by atoms with Crippen molar-refractivity contribution in [2.45, 2.75) is 31.9 Å². The number of carbonyl (C=O) groups is 1. The second kappa shape index (κ2) is 6.34. The van der Waals surface area contributed by atoms with Crippen LogP contribution in [0.25, 0.3) is 0 Å². The van der Waals surface area contributed by atoms with Gasteiger partial charge in [-0.3, -0.25) is 14.9 Å². The number of nitrogens with zero attached hydrogens (tertiary/aromatic N) is 2. The van der Waals surface area contributed by atoms with Crippen molar-refractivity contribution in [2.75, 3.05) is 5.75 Å². The number of thioether (sulfide) groups is 1. The van der Waals surface area contributed by atoms with E-state index in [2.05, 4.69) is 4.98 Å². The van der Waals surface area contributed by atoms with E-state index in [9.17, 15) is 14.9 Å². The van der Waals surface area contributed by atoms with E-state index < -0.39 is 10.9 Å². The minimum Gasteiger partial charge on any atom is -0.462 e. The Bertz CT molecular complexity index is 462. The van der Waals surface area contributed by atoms with Crippen LogP contribution in [0.1, 0.15) is 19.4 Å². The van der Waals surface area contributed by atoms with E-state index in [-0.39, 0.29) is 22.6 Å². The molecule has 1 heterocycles.